The van der Waals surface area contributed by atoms with Gasteiger partial charge < -0.3 is 4.90 Å². The van der Waals surface area contributed by atoms with Gasteiger partial charge in [0.25, 0.3) is 0 Å². The number of thiazole rings is 1. The summed E-state index contributed by atoms with van der Waals surface area (Å²) >= 11 is 1.43. The summed E-state index contributed by atoms with van der Waals surface area (Å²) in [5.41, 5.74) is 0.883. The topological polar surface area (TPSA) is 33.2 Å². The van der Waals surface area contributed by atoms with Crippen molar-refractivity contribution in [1.29, 1.82) is 0 Å². The molecular formula is C12H12N2OS. The summed E-state index contributed by atoms with van der Waals surface area (Å²) < 4.78 is 1.05. The molecule has 0 unspecified atom stereocenters. The molecule has 0 amide bonds. The molecule has 1 heterocycles. The molecule has 0 aliphatic rings. The molecule has 1 aromatic heterocycles. The molecule has 0 saturated heterocycles. The van der Waals surface area contributed by atoms with E-state index in [1.54, 1.807) is 6.20 Å². The third-order valence-corrected chi connectivity index (χ3v) is 3.08. The van der Waals surface area contributed by atoms with Crippen LogP contribution in [-0.4, -0.2) is 29.8 Å². The first-order valence-electron chi connectivity index (χ1n) is 4.91. The Bertz CT molecular complexity index is 510. The standard InChI is InChI=1S/C12H12N2OS/c1-14(2)8-7-10(15)12-13-9-5-3-4-6-11(9)16-12/h3-8H,1-2H3/b8-7+. The number of allylic oxidation sites excluding steroid dienone is 1. The fourth-order valence-electron chi connectivity index (χ4n) is 1.27. The monoisotopic (exact) mass is 232 g/mol. The van der Waals surface area contributed by atoms with Gasteiger partial charge in [-0.2, -0.15) is 0 Å². The highest BCUT2D eigenvalue weighted by Crippen LogP contribution is 2.21. The molecule has 0 saturated carbocycles. The average Bonchev–Trinajstić information content (AvgIpc) is 2.69. The molecule has 4 heteroatoms. The van der Waals surface area contributed by atoms with E-state index in [0.29, 0.717) is 5.01 Å². The second-order valence-corrected chi connectivity index (χ2v) is 4.66. The molecule has 2 rings (SSSR count). The van der Waals surface area contributed by atoms with Crippen molar-refractivity contribution < 1.29 is 4.79 Å². The number of rotatable bonds is 3. The second kappa shape index (κ2) is 4.45. The molecule has 16 heavy (non-hydrogen) atoms. The Kier molecular flexibility index (Phi) is 3.01. The predicted octanol–water partition coefficient (Wildman–Crippen LogP) is 2.55. The number of carbonyl (C=O) groups excluding carboxylic acids is 1. The minimum atomic E-state index is -0.0464. The third kappa shape index (κ3) is 2.28. The van der Waals surface area contributed by atoms with E-state index < -0.39 is 0 Å². The van der Waals surface area contributed by atoms with Crippen molar-refractivity contribution in [2.24, 2.45) is 0 Å². The van der Waals surface area contributed by atoms with Gasteiger partial charge in [0.15, 0.2) is 5.01 Å². The molecule has 0 atom stereocenters. The average molecular weight is 232 g/mol. The van der Waals surface area contributed by atoms with E-state index in [4.69, 9.17) is 0 Å². The van der Waals surface area contributed by atoms with Crippen LogP contribution in [0.2, 0.25) is 0 Å². The van der Waals surface area contributed by atoms with Crippen molar-refractivity contribution in [2.75, 3.05) is 14.1 Å². The van der Waals surface area contributed by atoms with E-state index in [9.17, 15) is 4.79 Å². The molecule has 0 aliphatic carbocycles. The number of fused-ring (bicyclic) bond motifs is 1. The zero-order valence-electron chi connectivity index (χ0n) is 9.18. The van der Waals surface area contributed by atoms with E-state index in [2.05, 4.69) is 4.98 Å². The summed E-state index contributed by atoms with van der Waals surface area (Å²) in [6.45, 7) is 0. The maximum absolute atomic E-state index is 11.8. The lowest BCUT2D eigenvalue weighted by molar-refractivity contribution is 0.104. The summed E-state index contributed by atoms with van der Waals surface area (Å²) in [6, 6.07) is 7.76. The molecular weight excluding hydrogens is 220 g/mol. The van der Waals surface area contributed by atoms with Gasteiger partial charge in [0.2, 0.25) is 5.78 Å². The van der Waals surface area contributed by atoms with Gasteiger partial charge in [0, 0.05) is 26.4 Å². The van der Waals surface area contributed by atoms with Gasteiger partial charge in [0.05, 0.1) is 10.2 Å². The molecule has 0 spiro atoms. The van der Waals surface area contributed by atoms with E-state index >= 15 is 0 Å². The largest absolute Gasteiger partial charge is 0.383 e. The molecule has 0 bridgehead atoms. The van der Waals surface area contributed by atoms with Crippen molar-refractivity contribution in [1.82, 2.24) is 9.88 Å². The lowest BCUT2D eigenvalue weighted by Gasteiger charge is -2.01. The molecule has 2 aromatic rings. The van der Waals surface area contributed by atoms with Crippen molar-refractivity contribution in [3.05, 3.63) is 41.5 Å². The predicted molar refractivity (Wildman–Crippen MR) is 66.8 cm³/mol. The third-order valence-electron chi connectivity index (χ3n) is 2.03. The number of ketones is 1. The van der Waals surface area contributed by atoms with Gasteiger partial charge in [-0.15, -0.1) is 11.3 Å². The van der Waals surface area contributed by atoms with E-state index in [1.165, 1.54) is 17.4 Å². The Morgan fingerprint density at radius 3 is 2.81 bits per heavy atom. The summed E-state index contributed by atoms with van der Waals surface area (Å²) in [7, 11) is 3.75. The summed E-state index contributed by atoms with van der Waals surface area (Å²) in [6.07, 6.45) is 3.27. The maximum Gasteiger partial charge on any atom is 0.215 e. The quantitative estimate of drug-likeness (QED) is 0.602. The van der Waals surface area contributed by atoms with Gasteiger partial charge >= 0.3 is 0 Å². The maximum atomic E-state index is 11.8. The van der Waals surface area contributed by atoms with E-state index in [0.717, 1.165) is 10.2 Å². The Balaban J connectivity index is 2.30. The number of hydrogen-bond donors (Lipinski definition) is 0. The molecule has 82 valence electrons. The van der Waals surface area contributed by atoms with Gasteiger partial charge in [-0.1, -0.05) is 12.1 Å². The minimum absolute atomic E-state index is 0.0464. The molecule has 3 nitrogen and oxygen atoms in total. The van der Waals surface area contributed by atoms with Crippen LogP contribution in [-0.2, 0) is 0 Å². The van der Waals surface area contributed by atoms with Crippen LogP contribution in [0.15, 0.2) is 36.5 Å². The molecule has 0 fully saturated rings. The highest BCUT2D eigenvalue weighted by atomic mass is 32.1. The van der Waals surface area contributed by atoms with Gasteiger partial charge in [-0.25, -0.2) is 4.98 Å². The minimum Gasteiger partial charge on any atom is -0.383 e. The van der Waals surface area contributed by atoms with Crippen molar-refractivity contribution >= 4 is 27.3 Å². The van der Waals surface area contributed by atoms with Crippen LogP contribution in [0.3, 0.4) is 0 Å². The Morgan fingerprint density at radius 2 is 2.12 bits per heavy atom. The van der Waals surface area contributed by atoms with Crippen LogP contribution in [0.25, 0.3) is 10.2 Å². The molecule has 0 radical (unpaired) electrons. The van der Waals surface area contributed by atoms with Crippen molar-refractivity contribution in [3.63, 3.8) is 0 Å². The fourth-order valence-corrected chi connectivity index (χ4v) is 2.15. The number of benzene rings is 1. The summed E-state index contributed by atoms with van der Waals surface area (Å²) in [5.74, 6) is -0.0464. The van der Waals surface area contributed by atoms with Crippen LogP contribution in [0.5, 0.6) is 0 Å². The number of aromatic nitrogens is 1. The van der Waals surface area contributed by atoms with Gasteiger partial charge in [-0.3, -0.25) is 4.79 Å². The lowest BCUT2D eigenvalue weighted by atomic mass is 10.3. The first-order chi connectivity index (χ1) is 7.66. The fraction of sp³-hybridized carbons (Fsp3) is 0.167. The number of carbonyl (C=O) groups is 1. The lowest BCUT2D eigenvalue weighted by Crippen LogP contribution is -2.02. The van der Waals surface area contributed by atoms with Crippen LogP contribution >= 0.6 is 11.3 Å². The normalized spacial score (nSPS) is 11.1. The van der Waals surface area contributed by atoms with Crippen molar-refractivity contribution in [2.45, 2.75) is 0 Å². The number of hydrogen-bond acceptors (Lipinski definition) is 4. The SMILES string of the molecule is CN(C)/C=C/C(=O)c1nc2ccccc2s1. The summed E-state index contributed by atoms with van der Waals surface area (Å²) in [5, 5.41) is 0.541. The molecule has 0 N–H and O–H groups in total. The highest BCUT2D eigenvalue weighted by molar-refractivity contribution is 7.20. The Morgan fingerprint density at radius 1 is 1.38 bits per heavy atom. The molecule has 1 aromatic carbocycles. The second-order valence-electron chi connectivity index (χ2n) is 3.63. The zero-order valence-corrected chi connectivity index (χ0v) is 9.99. The Labute approximate surface area is 98.0 Å². The van der Waals surface area contributed by atoms with E-state index in [1.807, 2.05) is 43.3 Å². The van der Waals surface area contributed by atoms with Gasteiger partial charge in [-0.05, 0) is 12.1 Å². The van der Waals surface area contributed by atoms with Crippen LogP contribution < -0.4 is 0 Å². The Hall–Kier alpha value is -1.68. The van der Waals surface area contributed by atoms with E-state index in [-0.39, 0.29) is 5.78 Å². The number of nitrogens with zero attached hydrogens (tertiary/aromatic N) is 2. The smallest absolute Gasteiger partial charge is 0.215 e. The first kappa shape index (κ1) is 10.8. The van der Waals surface area contributed by atoms with Crippen LogP contribution in [0.4, 0.5) is 0 Å². The van der Waals surface area contributed by atoms with Gasteiger partial charge in [0.1, 0.15) is 0 Å². The van der Waals surface area contributed by atoms with Crippen LogP contribution in [0, 0.1) is 0 Å². The summed E-state index contributed by atoms with van der Waals surface area (Å²) in [4.78, 5) is 17.9. The number of para-hydroxylation sites is 1. The zero-order chi connectivity index (χ0) is 11.5. The first-order valence-corrected chi connectivity index (χ1v) is 5.73. The molecule has 0 aliphatic heterocycles. The highest BCUT2D eigenvalue weighted by Gasteiger charge is 2.08. The van der Waals surface area contributed by atoms with Crippen LogP contribution in [0.1, 0.15) is 9.80 Å². The van der Waals surface area contributed by atoms with Crippen molar-refractivity contribution in [3.8, 4) is 0 Å².